The molecule has 88 valence electrons. The van der Waals surface area contributed by atoms with Gasteiger partial charge in [-0.3, -0.25) is 4.79 Å². The monoisotopic (exact) mass is 212 g/mol. The largest absolute Gasteiger partial charge is 0.343 e. The Balaban J connectivity index is 2.55. The van der Waals surface area contributed by atoms with Gasteiger partial charge >= 0.3 is 0 Å². The minimum absolute atomic E-state index is 0.0882. The highest BCUT2D eigenvalue weighted by molar-refractivity contribution is 5.79. The van der Waals surface area contributed by atoms with Crippen molar-refractivity contribution in [3.63, 3.8) is 0 Å². The quantitative estimate of drug-likeness (QED) is 0.772. The van der Waals surface area contributed by atoms with Crippen LogP contribution in [0.4, 0.5) is 0 Å². The summed E-state index contributed by atoms with van der Waals surface area (Å²) in [7, 11) is 0. The minimum atomic E-state index is 0.0882. The standard InChI is InChI=1S/C12H24N2O/c1-3-9-14(4-2)12(15)10-7-5-6-8-11(10)13/h10-11H,3-9,13H2,1-2H3. The molecule has 0 aromatic carbocycles. The molecule has 15 heavy (non-hydrogen) atoms. The van der Waals surface area contributed by atoms with Crippen LogP contribution in [0.1, 0.15) is 46.0 Å². The van der Waals surface area contributed by atoms with Gasteiger partial charge in [0.2, 0.25) is 5.91 Å². The minimum Gasteiger partial charge on any atom is -0.343 e. The van der Waals surface area contributed by atoms with Crippen molar-refractivity contribution in [2.24, 2.45) is 11.7 Å². The third-order valence-corrected chi connectivity index (χ3v) is 3.32. The van der Waals surface area contributed by atoms with Gasteiger partial charge in [-0.2, -0.15) is 0 Å². The zero-order chi connectivity index (χ0) is 11.3. The molecule has 1 saturated carbocycles. The first-order valence-electron chi connectivity index (χ1n) is 6.25. The van der Waals surface area contributed by atoms with Gasteiger partial charge in [-0.1, -0.05) is 19.8 Å². The van der Waals surface area contributed by atoms with E-state index in [2.05, 4.69) is 6.92 Å². The lowest BCUT2D eigenvalue weighted by Gasteiger charge is -2.32. The van der Waals surface area contributed by atoms with Crippen molar-refractivity contribution in [3.05, 3.63) is 0 Å². The van der Waals surface area contributed by atoms with E-state index < -0.39 is 0 Å². The second kappa shape index (κ2) is 6.11. The van der Waals surface area contributed by atoms with E-state index in [1.165, 1.54) is 6.42 Å². The molecule has 2 unspecified atom stereocenters. The Hall–Kier alpha value is -0.570. The third kappa shape index (κ3) is 3.20. The number of rotatable bonds is 4. The van der Waals surface area contributed by atoms with E-state index in [4.69, 9.17) is 5.73 Å². The molecule has 0 aromatic heterocycles. The van der Waals surface area contributed by atoms with Crippen LogP contribution in [0.3, 0.4) is 0 Å². The van der Waals surface area contributed by atoms with E-state index in [9.17, 15) is 4.79 Å². The normalized spacial score (nSPS) is 26.3. The topological polar surface area (TPSA) is 46.3 Å². The van der Waals surface area contributed by atoms with E-state index in [1.807, 2.05) is 11.8 Å². The molecule has 0 spiro atoms. The Morgan fingerprint density at radius 3 is 2.53 bits per heavy atom. The summed E-state index contributed by atoms with van der Waals surface area (Å²) in [6.45, 7) is 5.84. The van der Waals surface area contributed by atoms with Gasteiger partial charge in [0.05, 0.1) is 5.92 Å². The Bertz CT molecular complexity index is 206. The molecule has 3 nitrogen and oxygen atoms in total. The van der Waals surface area contributed by atoms with Crippen molar-refractivity contribution in [2.75, 3.05) is 13.1 Å². The summed E-state index contributed by atoms with van der Waals surface area (Å²) < 4.78 is 0. The lowest BCUT2D eigenvalue weighted by atomic mass is 9.84. The molecular weight excluding hydrogens is 188 g/mol. The summed E-state index contributed by atoms with van der Waals surface area (Å²) in [5.41, 5.74) is 6.02. The van der Waals surface area contributed by atoms with Crippen molar-refractivity contribution in [3.8, 4) is 0 Å². The van der Waals surface area contributed by atoms with Gasteiger partial charge in [0, 0.05) is 19.1 Å². The van der Waals surface area contributed by atoms with E-state index in [-0.39, 0.29) is 17.9 Å². The molecular formula is C12H24N2O. The number of hydrogen-bond acceptors (Lipinski definition) is 2. The van der Waals surface area contributed by atoms with Crippen LogP contribution in [0.5, 0.6) is 0 Å². The van der Waals surface area contributed by atoms with Gasteiger partial charge in [0.25, 0.3) is 0 Å². The molecule has 1 aliphatic carbocycles. The molecule has 1 amide bonds. The van der Waals surface area contributed by atoms with Crippen LogP contribution >= 0.6 is 0 Å². The molecule has 2 atom stereocenters. The average molecular weight is 212 g/mol. The fourth-order valence-electron chi connectivity index (χ4n) is 2.39. The lowest BCUT2D eigenvalue weighted by molar-refractivity contribution is -0.136. The first-order valence-corrected chi connectivity index (χ1v) is 6.25. The SMILES string of the molecule is CCCN(CC)C(=O)C1CCCCC1N. The van der Waals surface area contributed by atoms with Gasteiger partial charge in [-0.25, -0.2) is 0 Å². The third-order valence-electron chi connectivity index (χ3n) is 3.32. The number of amides is 1. The van der Waals surface area contributed by atoms with Crippen LogP contribution in [0.2, 0.25) is 0 Å². The Kier molecular flexibility index (Phi) is 5.09. The highest BCUT2D eigenvalue weighted by atomic mass is 16.2. The Morgan fingerprint density at radius 1 is 1.33 bits per heavy atom. The van der Waals surface area contributed by atoms with Crippen molar-refractivity contribution in [2.45, 2.75) is 52.0 Å². The molecule has 1 fully saturated rings. The zero-order valence-electron chi connectivity index (χ0n) is 10.0. The number of hydrogen-bond donors (Lipinski definition) is 1. The highest BCUT2D eigenvalue weighted by Gasteiger charge is 2.30. The number of carbonyl (C=O) groups is 1. The second-order valence-corrected chi connectivity index (χ2v) is 4.47. The fourth-order valence-corrected chi connectivity index (χ4v) is 2.39. The maximum atomic E-state index is 12.2. The Morgan fingerprint density at radius 2 is 2.00 bits per heavy atom. The summed E-state index contributed by atoms with van der Waals surface area (Å²) in [6.07, 6.45) is 5.38. The number of nitrogens with two attached hydrogens (primary N) is 1. The molecule has 0 heterocycles. The van der Waals surface area contributed by atoms with Gasteiger partial charge in [-0.05, 0) is 26.2 Å². The second-order valence-electron chi connectivity index (χ2n) is 4.47. The van der Waals surface area contributed by atoms with Gasteiger partial charge in [0.1, 0.15) is 0 Å². The van der Waals surface area contributed by atoms with Gasteiger partial charge in [-0.15, -0.1) is 0 Å². The van der Waals surface area contributed by atoms with Crippen LogP contribution in [0, 0.1) is 5.92 Å². The fraction of sp³-hybridized carbons (Fsp3) is 0.917. The molecule has 1 aliphatic rings. The molecule has 0 aromatic rings. The molecule has 0 bridgehead atoms. The van der Waals surface area contributed by atoms with Crippen molar-refractivity contribution in [1.82, 2.24) is 4.90 Å². The Labute approximate surface area is 93.0 Å². The van der Waals surface area contributed by atoms with Crippen LogP contribution < -0.4 is 5.73 Å². The smallest absolute Gasteiger partial charge is 0.227 e. The molecule has 2 N–H and O–H groups in total. The van der Waals surface area contributed by atoms with Crippen LogP contribution in [0.25, 0.3) is 0 Å². The summed E-state index contributed by atoms with van der Waals surface area (Å²) in [5.74, 6) is 0.372. The van der Waals surface area contributed by atoms with E-state index in [0.717, 1.165) is 38.8 Å². The predicted octanol–water partition coefficient (Wildman–Crippen LogP) is 1.76. The van der Waals surface area contributed by atoms with Crippen LogP contribution in [-0.4, -0.2) is 29.9 Å². The summed E-state index contributed by atoms with van der Waals surface area (Å²) in [4.78, 5) is 14.1. The molecule has 0 saturated heterocycles. The van der Waals surface area contributed by atoms with Gasteiger partial charge < -0.3 is 10.6 Å². The molecule has 3 heteroatoms. The molecule has 0 aliphatic heterocycles. The van der Waals surface area contributed by atoms with E-state index in [0.29, 0.717) is 0 Å². The van der Waals surface area contributed by atoms with Crippen LogP contribution in [-0.2, 0) is 4.79 Å². The summed E-state index contributed by atoms with van der Waals surface area (Å²) in [6, 6.07) is 0.0946. The first kappa shape index (κ1) is 12.5. The number of nitrogens with zero attached hydrogens (tertiary/aromatic N) is 1. The molecule has 1 rings (SSSR count). The predicted molar refractivity (Wildman–Crippen MR) is 62.5 cm³/mol. The van der Waals surface area contributed by atoms with Crippen molar-refractivity contribution in [1.29, 1.82) is 0 Å². The first-order chi connectivity index (χ1) is 7.20. The zero-order valence-corrected chi connectivity index (χ0v) is 10.0. The average Bonchev–Trinajstić information content (AvgIpc) is 2.25. The van der Waals surface area contributed by atoms with Crippen molar-refractivity contribution >= 4 is 5.91 Å². The summed E-state index contributed by atoms with van der Waals surface area (Å²) >= 11 is 0. The molecule has 0 radical (unpaired) electrons. The van der Waals surface area contributed by atoms with Gasteiger partial charge in [0.15, 0.2) is 0 Å². The van der Waals surface area contributed by atoms with E-state index >= 15 is 0 Å². The van der Waals surface area contributed by atoms with Crippen molar-refractivity contribution < 1.29 is 4.79 Å². The maximum Gasteiger partial charge on any atom is 0.227 e. The highest BCUT2D eigenvalue weighted by Crippen LogP contribution is 2.24. The summed E-state index contributed by atoms with van der Waals surface area (Å²) in [5, 5.41) is 0. The van der Waals surface area contributed by atoms with E-state index in [1.54, 1.807) is 0 Å². The van der Waals surface area contributed by atoms with Crippen LogP contribution in [0.15, 0.2) is 0 Å². The lowest BCUT2D eigenvalue weighted by Crippen LogP contribution is -2.45. The maximum absolute atomic E-state index is 12.2. The number of carbonyl (C=O) groups excluding carboxylic acids is 1.